The maximum atomic E-state index is 6.06. The van der Waals surface area contributed by atoms with Gasteiger partial charge in [-0.2, -0.15) is 5.10 Å². The first kappa shape index (κ1) is 13.6. The zero-order valence-corrected chi connectivity index (χ0v) is 13.3. The third-order valence-electron chi connectivity index (χ3n) is 3.48. The van der Waals surface area contributed by atoms with E-state index < -0.39 is 0 Å². The van der Waals surface area contributed by atoms with E-state index in [1.165, 1.54) is 12.8 Å². The molecule has 3 rings (SSSR count). The summed E-state index contributed by atoms with van der Waals surface area (Å²) >= 11 is 3.51. The van der Waals surface area contributed by atoms with E-state index in [1.807, 2.05) is 38.2 Å². The molecule has 1 aliphatic carbocycles. The second-order valence-electron chi connectivity index (χ2n) is 5.18. The molecule has 0 amide bonds. The van der Waals surface area contributed by atoms with Crippen molar-refractivity contribution in [3.63, 3.8) is 0 Å². The first-order valence-electron chi connectivity index (χ1n) is 6.83. The number of aromatic nitrogens is 2. The Labute approximate surface area is 127 Å². The van der Waals surface area contributed by atoms with Gasteiger partial charge in [0, 0.05) is 19.6 Å². The van der Waals surface area contributed by atoms with E-state index in [4.69, 9.17) is 4.74 Å². The molecule has 1 aromatic carbocycles. The number of ether oxygens (including phenoxy) is 1. The highest BCUT2D eigenvalue weighted by molar-refractivity contribution is 9.10. The van der Waals surface area contributed by atoms with E-state index in [-0.39, 0.29) is 0 Å². The fourth-order valence-electron chi connectivity index (χ4n) is 2.18. The van der Waals surface area contributed by atoms with E-state index in [9.17, 15) is 0 Å². The lowest BCUT2D eigenvalue weighted by Crippen LogP contribution is -2.16. The molecule has 1 N–H and O–H groups in total. The van der Waals surface area contributed by atoms with Crippen molar-refractivity contribution in [2.24, 2.45) is 7.05 Å². The lowest BCUT2D eigenvalue weighted by Gasteiger charge is -2.10. The van der Waals surface area contributed by atoms with Crippen LogP contribution in [0.2, 0.25) is 0 Å². The van der Waals surface area contributed by atoms with Gasteiger partial charge in [0.05, 0.1) is 15.7 Å². The van der Waals surface area contributed by atoms with Crippen molar-refractivity contribution in [1.82, 2.24) is 15.1 Å². The lowest BCUT2D eigenvalue weighted by molar-refractivity contribution is 0.421. The molecule has 0 radical (unpaired) electrons. The molecular weight excluding hydrogens is 318 g/mol. The Morgan fingerprint density at radius 2 is 2.15 bits per heavy atom. The molecule has 2 aromatic rings. The van der Waals surface area contributed by atoms with Crippen LogP contribution in [0.15, 0.2) is 28.7 Å². The molecule has 1 heterocycles. The molecule has 0 aliphatic heterocycles. The number of para-hydroxylation sites is 1. The van der Waals surface area contributed by atoms with Crippen molar-refractivity contribution in [2.75, 3.05) is 0 Å². The molecule has 0 unspecified atom stereocenters. The molecule has 0 bridgehead atoms. The quantitative estimate of drug-likeness (QED) is 0.908. The maximum Gasteiger partial charge on any atom is 0.222 e. The van der Waals surface area contributed by atoms with Gasteiger partial charge in [-0.15, -0.1) is 0 Å². The monoisotopic (exact) mass is 335 g/mol. The Morgan fingerprint density at radius 1 is 1.40 bits per heavy atom. The Balaban J connectivity index is 1.85. The number of hydrogen-bond donors (Lipinski definition) is 1. The molecule has 0 spiro atoms. The second-order valence-corrected chi connectivity index (χ2v) is 6.03. The largest absolute Gasteiger partial charge is 0.438 e. The molecular formula is C15H18BrN3O. The van der Waals surface area contributed by atoms with Crippen LogP contribution in [-0.2, 0) is 13.6 Å². The van der Waals surface area contributed by atoms with Crippen molar-refractivity contribution in [1.29, 1.82) is 0 Å². The lowest BCUT2D eigenvalue weighted by atomic mass is 10.2. The van der Waals surface area contributed by atoms with Crippen LogP contribution in [0.25, 0.3) is 0 Å². The summed E-state index contributed by atoms with van der Waals surface area (Å²) in [6, 6.07) is 8.53. The topological polar surface area (TPSA) is 39.1 Å². The average molecular weight is 336 g/mol. The summed E-state index contributed by atoms with van der Waals surface area (Å²) in [6.45, 7) is 2.83. The Bertz CT molecular complexity index is 620. The number of hydrogen-bond acceptors (Lipinski definition) is 3. The van der Waals surface area contributed by atoms with Crippen molar-refractivity contribution >= 4 is 15.9 Å². The van der Waals surface area contributed by atoms with Crippen LogP contribution in [0, 0.1) is 6.92 Å². The van der Waals surface area contributed by atoms with Crippen molar-refractivity contribution < 1.29 is 4.74 Å². The van der Waals surface area contributed by atoms with Crippen molar-refractivity contribution in [3.05, 3.63) is 40.0 Å². The fourth-order valence-corrected chi connectivity index (χ4v) is 2.54. The second kappa shape index (κ2) is 5.58. The molecule has 1 fully saturated rings. The third-order valence-corrected chi connectivity index (χ3v) is 4.13. The minimum Gasteiger partial charge on any atom is -0.438 e. The molecule has 1 aliphatic rings. The highest BCUT2D eigenvalue weighted by Crippen LogP contribution is 2.32. The molecule has 0 atom stereocenters. The van der Waals surface area contributed by atoms with Crippen LogP contribution in [0.4, 0.5) is 0 Å². The number of nitrogens with zero attached hydrogens (tertiary/aromatic N) is 2. The van der Waals surface area contributed by atoms with E-state index in [0.29, 0.717) is 6.04 Å². The summed E-state index contributed by atoms with van der Waals surface area (Å²) < 4.78 is 8.81. The molecule has 5 heteroatoms. The van der Waals surface area contributed by atoms with Crippen molar-refractivity contribution in [2.45, 2.75) is 32.4 Å². The third kappa shape index (κ3) is 2.88. The average Bonchev–Trinajstić information content (AvgIpc) is 3.19. The number of rotatable bonds is 5. The van der Waals surface area contributed by atoms with Crippen LogP contribution >= 0.6 is 15.9 Å². The zero-order valence-electron chi connectivity index (χ0n) is 11.7. The number of halogens is 1. The van der Waals surface area contributed by atoms with Gasteiger partial charge in [0.2, 0.25) is 5.88 Å². The van der Waals surface area contributed by atoms with Crippen LogP contribution in [0.5, 0.6) is 11.6 Å². The summed E-state index contributed by atoms with van der Waals surface area (Å²) in [6.07, 6.45) is 2.56. The highest BCUT2D eigenvalue weighted by atomic mass is 79.9. The molecule has 4 nitrogen and oxygen atoms in total. The van der Waals surface area contributed by atoms with Gasteiger partial charge in [0.25, 0.3) is 0 Å². The van der Waals surface area contributed by atoms with Gasteiger partial charge in [-0.25, -0.2) is 4.68 Å². The fraction of sp³-hybridized carbons (Fsp3) is 0.400. The zero-order chi connectivity index (χ0) is 14.1. The van der Waals surface area contributed by atoms with Crippen LogP contribution in [-0.4, -0.2) is 15.8 Å². The maximum absolute atomic E-state index is 6.06. The number of aryl methyl sites for hydroxylation is 2. The molecule has 106 valence electrons. The summed E-state index contributed by atoms with van der Waals surface area (Å²) in [7, 11) is 1.92. The van der Waals surface area contributed by atoms with E-state index >= 15 is 0 Å². The van der Waals surface area contributed by atoms with Crippen LogP contribution in [0.1, 0.15) is 24.1 Å². The first-order chi connectivity index (χ1) is 9.65. The molecule has 1 saturated carbocycles. The summed E-state index contributed by atoms with van der Waals surface area (Å²) in [5.41, 5.74) is 2.15. The predicted molar refractivity (Wildman–Crippen MR) is 82.0 cm³/mol. The van der Waals surface area contributed by atoms with Gasteiger partial charge < -0.3 is 10.1 Å². The Morgan fingerprint density at radius 3 is 2.85 bits per heavy atom. The van der Waals surface area contributed by atoms with Gasteiger partial charge in [-0.3, -0.25) is 0 Å². The minimum absolute atomic E-state index is 0.672. The Hall–Kier alpha value is -1.33. The Kier molecular flexibility index (Phi) is 3.81. The summed E-state index contributed by atoms with van der Waals surface area (Å²) in [5.74, 6) is 1.62. The number of nitrogens with one attached hydrogen (secondary N) is 1. The van der Waals surface area contributed by atoms with E-state index in [1.54, 1.807) is 4.68 Å². The first-order valence-corrected chi connectivity index (χ1v) is 7.62. The van der Waals surface area contributed by atoms with Crippen LogP contribution in [0.3, 0.4) is 0 Å². The number of benzene rings is 1. The van der Waals surface area contributed by atoms with E-state index in [0.717, 1.165) is 33.9 Å². The smallest absolute Gasteiger partial charge is 0.222 e. The normalized spacial score (nSPS) is 14.6. The minimum atomic E-state index is 0.672. The predicted octanol–water partition coefficient (Wildman–Crippen LogP) is 3.54. The van der Waals surface area contributed by atoms with Gasteiger partial charge >= 0.3 is 0 Å². The van der Waals surface area contributed by atoms with Crippen molar-refractivity contribution in [3.8, 4) is 11.6 Å². The van der Waals surface area contributed by atoms with E-state index in [2.05, 4.69) is 26.3 Å². The molecule has 0 saturated heterocycles. The standard InChI is InChI=1S/C15H18BrN3O/c1-10-12(9-17-11-7-8-11)15(19(2)18-10)20-14-6-4-3-5-13(14)16/h3-6,11,17H,7-9H2,1-2H3. The van der Waals surface area contributed by atoms with Gasteiger partial charge in [-0.05, 0) is 47.8 Å². The van der Waals surface area contributed by atoms with Gasteiger partial charge in [0.1, 0.15) is 5.75 Å². The van der Waals surface area contributed by atoms with Crippen LogP contribution < -0.4 is 10.1 Å². The summed E-state index contributed by atoms with van der Waals surface area (Å²) in [5, 5.41) is 7.99. The molecule has 20 heavy (non-hydrogen) atoms. The molecule has 1 aromatic heterocycles. The SMILES string of the molecule is Cc1nn(C)c(Oc2ccccc2Br)c1CNC1CC1. The van der Waals surface area contributed by atoms with Gasteiger partial charge in [-0.1, -0.05) is 12.1 Å². The van der Waals surface area contributed by atoms with Gasteiger partial charge in [0.15, 0.2) is 0 Å². The highest BCUT2D eigenvalue weighted by Gasteiger charge is 2.23. The summed E-state index contributed by atoms with van der Waals surface area (Å²) in [4.78, 5) is 0.